The first-order valence-electron chi connectivity index (χ1n) is 5.85. The molecular formula is C13H9ClN2O5S. The number of nitrogens with one attached hydrogen (secondary N) is 1. The standard InChI is InChI=1S/C13H9ClN2O5S/c14-11-3-2-10(5-8(11)6-15)22(19,20)16-7-9-1-4-12(21-9)13(17)18/h1-5,16H,7H2,(H,17,18). The molecule has 0 fully saturated rings. The van der Waals surface area contributed by atoms with Crippen LogP contribution in [-0.2, 0) is 16.6 Å². The molecule has 2 rings (SSSR count). The molecule has 0 bridgehead atoms. The van der Waals surface area contributed by atoms with Crippen molar-refractivity contribution in [2.75, 3.05) is 0 Å². The molecule has 0 radical (unpaired) electrons. The zero-order valence-electron chi connectivity index (χ0n) is 10.9. The van der Waals surface area contributed by atoms with Gasteiger partial charge >= 0.3 is 5.97 Å². The average Bonchev–Trinajstić information content (AvgIpc) is 2.95. The third-order valence-corrected chi connectivity index (χ3v) is 4.41. The Kier molecular flexibility index (Phi) is 4.51. The van der Waals surface area contributed by atoms with Gasteiger partial charge in [-0.2, -0.15) is 5.26 Å². The second-order valence-corrected chi connectivity index (χ2v) is 6.32. The number of hydrogen-bond acceptors (Lipinski definition) is 5. The minimum absolute atomic E-state index is 0.0377. The van der Waals surface area contributed by atoms with Crippen LogP contribution < -0.4 is 4.72 Å². The first-order chi connectivity index (χ1) is 10.3. The maximum absolute atomic E-state index is 12.1. The normalized spacial score (nSPS) is 11.1. The number of nitriles is 1. The lowest BCUT2D eigenvalue weighted by molar-refractivity contribution is 0.0660. The van der Waals surface area contributed by atoms with Crippen molar-refractivity contribution in [3.63, 3.8) is 0 Å². The lowest BCUT2D eigenvalue weighted by Gasteiger charge is -2.06. The molecule has 0 aliphatic rings. The summed E-state index contributed by atoms with van der Waals surface area (Å²) < 4.78 is 31.4. The van der Waals surface area contributed by atoms with E-state index >= 15 is 0 Å². The van der Waals surface area contributed by atoms with Crippen LogP contribution in [-0.4, -0.2) is 19.5 Å². The Bertz CT molecular complexity index is 867. The van der Waals surface area contributed by atoms with E-state index in [-0.39, 0.29) is 33.5 Å². The number of furan rings is 1. The summed E-state index contributed by atoms with van der Waals surface area (Å²) in [5.74, 6) is -1.38. The van der Waals surface area contributed by atoms with Gasteiger partial charge < -0.3 is 9.52 Å². The van der Waals surface area contributed by atoms with E-state index < -0.39 is 16.0 Å². The molecule has 0 atom stereocenters. The summed E-state index contributed by atoms with van der Waals surface area (Å²) in [6, 6.07) is 8.09. The van der Waals surface area contributed by atoms with Crippen molar-refractivity contribution in [1.29, 1.82) is 5.26 Å². The monoisotopic (exact) mass is 340 g/mol. The number of carboxylic acid groups (broad SMARTS) is 1. The van der Waals surface area contributed by atoms with Crippen molar-refractivity contribution in [1.82, 2.24) is 4.72 Å². The third kappa shape index (κ3) is 3.46. The Morgan fingerprint density at radius 3 is 2.68 bits per heavy atom. The van der Waals surface area contributed by atoms with Gasteiger partial charge in [-0.25, -0.2) is 17.9 Å². The van der Waals surface area contributed by atoms with Gasteiger partial charge in [0.25, 0.3) is 0 Å². The molecule has 7 nitrogen and oxygen atoms in total. The van der Waals surface area contributed by atoms with Crippen molar-refractivity contribution < 1.29 is 22.7 Å². The van der Waals surface area contributed by atoms with Crippen LogP contribution in [0.5, 0.6) is 0 Å². The minimum atomic E-state index is -3.89. The van der Waals surface area contributed by atoms with Gasteiger partial charge in [-0.3, -0.25) is 0 Å². The molecular weight excluding hydrogens is 332 g/mol. The SMILES string of the molecule is N#Cc1cc(S(=O)(=O)NCc2ccc(C(=O)O)o2)ccc1Cl. The highest BCUT2D eigenvalue weighted by molar-refractivity contribution is 7.89. The third-order valence-electron chi connectivity index (χ3n) is 2.68. The van der Waals surface area contributed by atoms with E-state index in [1.165, 1.54) is 24.3 Å². The van der Waals surface area contributed by atoms with E-state index in [0.29, 0.717) is 0 Å². The summed E-state index contributed by atoms with van der Waals surface area (Å²) in [4.78, 5) is 10.5. The van der Waals surface area contributed by atoms with Crippen LogP contribution in [0, 0.1) is 11.3 Å². The molecule has 1 aromatic heterocycles. The van der Waals surface area contributed by atoms with Gasteiger partial charge in [0.05, 0.1) is 22.0 Å². The fourth-order valence-corrected chi connectivity index (χ4v) is 2.77. The van der Waals surface area contributed by atoms with Crippen LogP contribution in [0.25, 0.3) is 0 Å². The number of nitrogens with zero attached hydrogens (tertiary/aromatic N) is 1. The summed E-state index contributed by atoms with van der Waals surface area (Å²) in [6.07, 6.45) is 0. The second-order valence-electron chi connectivity index (χ2n) is 4.15. The van der Waals surface area contributed by atoms with Gasteiger partial charge in [-0.1, -0.05) is 11.6 Å². The van der Waals surface area contributed by atoms with Crippen LogP contribution in [0.4, 0.5) is 0 Å². The summed E-state index contributed by atoms with van der Waals surface area (Å²) in [5.41, 5.74) is 0.0377. The fourth-order valence-electron chi connectivity index (χ4n) is 1.59. The van der Waals surface area contributed by atoms with Crippen LogP contribution in [0.15, 0.2) is 39.6 Å². The van der Waals surface area contributed by atoms with Crippen molar-refractivity contribution in [2.45, 2.75) is 11.4 Å². The number of aromatic carboxylic acids is 1. The highest BCUT2D eigenvalue weighted by atomic mass is 35.5. The molecule has 114 valence electrons. The molecule has 1 heterocycles. The van der Waals surface area contributed by atoms with E-state index in [0.717, 1.165) is 6.07 Å². The van der Waals surface area contributed by atoms with Crippen molar-refractivity contribution >= 4 is 27.6 Å². The molecule has 0 saturated carbocycles. The molecule has 0 aliphatic heterocycles. The molecule has 0 unspecified atom stereocenters. The highest BCUT2D eigenvalue weighted by Gasteiger charge is 2.17. The Hall–Kier alpha value is -2.34. The van der Waals surface area contributed by atoms with Gasteiger partial charge in [0.1, 0.15) is 11.8 Å². The maximum atomic E-state index is 12.1. The van der Waals surface area contributed by atoms with Crippen molar-refractivity contribution in [2.24, 2.45) is 0 Å². The molecule has 0 spiro atoms. The van der Waals surface area contributed by atoms with Crippen LogP contribution in [0.1, 0.15) is 21.9 Å². The number of hydrogen-bond donors (Lipinski definition) is 2. The quantitative estimate of drug-likeness (QED) is 0.858. The van der Waals surface area contributed by atoms with E-state index in [9.17, 15) is 13.2 Å². The molecule has 2 aromatic rings. The molecule has 0 saturated heterocycles. The highest BCUT2D eigenvalue weighted by Crippen LogP contribution is 2.20. The molecule has 22 heavy (non-hydrogen) atoms. The molecule has 0 aliphatic carbocycles. The molecule has 2 N–H and O–H groups in total. The van der Waals surface area contributed by atoms with Gasteiger partial charge in [0.15, 0.2) is 0 Å². The number of carbonyl (C=O) groups is 1. The first-order valence-corrected chi connectivity index (χ1v) is 7.71. The number of rotatable bonds is 5. The zero-order chi connectivity index (χ0) is 16.3. The fraction of sp³-hybridized carbons (Fsp3) is 0.0769. The Balaban J connectivity index is 2.17. The van der Waals surface area contributed by atoms with Gasteiger partial charge in [-0.15, -0.1) is 0 Å². The second kappa shape index (κ2) is 6.19. The predicted octanol–water partition coefficient (Wildman–Crippen LogP) is 1.98. The van der Waals surface area contributed by atoms with E-state index in [2.05, 4.69) is 4.72 Å². The number of benzene rings is 1. The van der Waals surface area contributed by atoms with E-state index in [4.69, 9.17) is 26.4 Å². The van der Waals surface area contributed by atoms with Crippen LogP contribution >= 0.6 is 11.6 Å². The van der Waals surface area contributed by atoms with Crippen molar-refractivity contribution in [3.05, 3.63) is 52.4 Å². The Labute approximate surface area is 130 Å². The van der Waals surface area contributed by atoms with E-state index in [1.807, 2.05) is 0 Å². The Morgan fingerprint density at radius 2 is 2.09 bits per heavy atom. The van der Waals surface area contributed by atoms with Gasteiger partial charge in [0.2, 0.25) is 15.8 Å². The Morgan fingerprint density at radius 1 is 1.36 bits per heavy atom. The maximum Gasteiger partial charge on any atom is 0.371 e. The largest absolute Gasteiger partial charge is 0.475 e. The van der Waals surface area contributed by atoms with Crippen LogP contribution in [0.3, 0.4) is 0 Å². The summed E-state index contributed by atoms with van der Waals surface area (Å²) in [6.45, 7) is -0.222. The van der Waals surface area contributed by atoms with E-state index in [1.54, 1.807) is 6.07 Å². The summed E-state index contributed by atoms with van der Waals surface area (Å²) >= 11 is 5.74. The lowest BCUT2D eigenvalue weighted by atomic mass is 10.2. The number of carboxylic acids is 1. The minimum Gasteiger partial charge on any atom is -0.475 e. The molecule has 9 heteroatoms. The topological polar surface area (TPSA) is 120 Å². The smallest absolute Gasteiger partial charge is 0.371 e. The van der Waals surface area contributed by atoms with Crippen LogP contribution in [0.2, 0.25) is 5.02 Å². The van der Waals surface area contributed by atoms with Gasteiger partial charge in [-0.05, 0) is 30.3 Å². The predicted molar refractivity (Wildman–Crippen MR) is 75.9 cm³/mol. The van der Waals surface area contributed by atoms with Crippen molar-refractivity contribution in [3.8, 4) is 6.07 Å². The summed E-state index contributed by atoms with van der Waals surface area (Å²) in [5, 5.41) is 17.7. The lowest BCUT2D eigenvalue weighted by Crippen LogP contribution is -2.23. The first kappa shape index (κ1) is 16.0. The summed E-state index contributed by atoms with van der Waals surface area (Å²) in [7, 11) is -3.89. The number of sulfonamides is 1. The zero-order valence-corrected chi connectivity index (χ0v) is 12.5. The molecule has 0 amide bonds. The molecule has 1 aromatic carbocycles. The van der Waals surface area contributed by atoms with Gasteiger partial charge in [0, 0.05) is 0 Å². The average molecular weight is 341 g/mol. The number of halogens is 1.